The van der Waals surface area contributed by atoms with E-state index in [0.717, 1.165) is 33.7 Å². The van der Waals surface area contributed by atoms with Crippen LogP contribution in [0.15, 0.2) is 36.4 Å². The fourth-order valence-corrected chi connectivity index (χ4v) is 2.56. The predicted molar refractivity (Wildman–Crippen MR) is 89.0 cm³/mol. The van der Waals surface area contributed by atoms with Crippen LogP contribution in [-0.4, -0.2) is 17.0 Å². The van der Waals surface area contributed by atoms with E-state index >= 15 is 0 Å². The molecule has 4 heteroatoms. The predicted octanol–water partition coefficient (Wildman–Crippen LogP) is 4.61. The number of nitrogens with one attached hydrogen (secondary N) is 1. The number of aryl methyl sites for hydroxylation is 2. The van der Waals surface area contributed by atoms with E-state index in [9.17, 15) is 0 Å². The van der Waals surface area contributed by atoms with Crippen LogP contribution >= 0.6 is 11.6 Å². The topological polar surface area (TPSA) is 37.8 Å². The molecule has 0 saturated heterocycles. The molecular weight excluding hydrogens is 282 g/mol. The van der Waals surface area contributed by atoms with E-state index in [2.05, 4.69) is 47.3 Å². The van der Waals surface area contributed by atoms with Gasteiger partial charge in [0.15, 0.2) is 5.82 Å². The lowest BCUT2D eigenvalue weighted by molar-refractivity contribution is 1.20. The molecule has 21 heavy (non-hydrogen) atoms. The third-order valence-corrected chi connectivity index (χ3v) is 3.76. The Morgan fingerprint density at radius 1 is 1.00 bits per heavy atom. The number of halogens is 1. The number of aromatic nitrogens is 2. The van der Waals surface area contributed by atoms with Crippen molar-refractivity contribution >= 4 is 28.3 Å². The average molecular weight is 298 g/mol. The standard InChI is InChI=1S/C17H16ClN3/c1-10-4-5-11(2)13(8-10)17-20-15-7-6-12(18)9-14(15)16(19-3)21-17/h4-9H,1-3H3,(H,19,20,21). The van der Waals surface area contributed by atoms with Gasteiger partial charge in [0.2, 0.25) is 0 Å². The Bertz CT molecular complexity index is 828. The molecule has 0 bridgehead atoms. The zero-order chi connectivity index (χ0) is 15.0. The molecule has 0 amide bonds. The molecule has 3 nitrogen and oxygen atoms in total. The Morgan fingerprint density at radius 3 is 2.57 bits per heavy atom. The first-order valence-electron chi connectivity index (χ1n) is 6.81. The van der Waals surface area contributed by atoms with Crippen molar-refractivity contribution < 1.29 is 0 Å². The molecule has 2 aromatic carbocycles. The van der Waals surface area contributed by atoms with Crippen LogP contribution in [0.1, 0.15) is 11.1 Å². The molecule has 0 aliphatic heterocycles. The number of hydrogen-bond acceptors (Lipinski definition) is 3. The van der Waals surface area contributed by atoms with Gasteiger partial charge in [0.1, 0.15) is 5.82 Å². The lowest BCUT2D eigenvalue weighted by atomic mass is 10.0. The van der Waals surface area contributed by atoms with Gasteiger partial charge in [-0.2, -0.15) is 0 Å². The van der Waals surface area contributed by atoms with Gasteiger partial charge in [-0.15, -0.1) is 0 Å². The van der Waals surface area contributed by atoms with Gasteiger partial charge >= 0.3 is 0 Å². The third-order valence-electron chi connectivity index (χ3n) is 3.53. The smallest absolute Gasteiger partial charge is 0.162 e. The molecule has 1 heterocycles. The van der Waals surface area contributed by atoms with Crippen molar-refractivity contribution in [3.05, 3.63) is 52.5 Å². The van der Waals surface area contributed by atoms with Gasteiger partial charge in [-0.25, -0.2) is 9.97 Å². The molecule has 3 aromatic rings. The van der Waals surface area contributed by atoms with Gasteiger partial charge in [-0.05, 0) is 43.7 Å². The van der Waals surface area contributed by atoms with Crippen molar-refractivity contribution in [3.8, 4) is 11.4 Å². The Labute approximate surface area is 129 Å². The van der Waals surface area contributed by atoms with E-state index in [0.29, 0.717) is 5.02 Å². The molecule has 0 radical (unpaired) electrons. The maximum Gasteiger partial charge on any atom is 0.162 e. The molecule has 0 aliphatic carbocycles. The average Bonchev–Trinajstić information content (AvgIpc) is 2.48. The van der Waals surface area contributed by atoms with E-state index in [1.54, 1.807) is 0 Å². The maximum atomic E-state index is 6.07. The van der Waals surface area contributed by atoms with Crippen molar-refractivity contribution in [1.82, 2.24) is 9.97 Å². The quantitative estimate of drug-likeness (QED) is 0.750. The van der Waals surface area contributed by atoms with E-state index in [1.807, 2.05) is 25.2 Å². The third kappa shape index (κ3) is 2.57. The Morgan fingerprint density at radius 2 is 1.81 bits per heavy atom. The van der Waals surface area contributed by atoms with Gasteiger partial charge in [0, 0.05) is 23.0 Å². The number of anilines is 1. The van der Waals surface area contributed by atoms with E-state index in [4.69, 9.17) is 11.6 Å². The number of fused-ring (bicyclic) bond motifs is 1. The summed E-state index contributed by atoms with van der Waals surface area (Å²) in [6, 6.07) is 12.0. The van der Waals surface area contributed by atoms with Crippen LogP contribution in [0.3, 0.4) is 0 Å². The van der Waals surface area contributed by atoms with Gasteiger partial charge in [0.05, 0.1) is 5.52 Å². The summed E-state index contributed by atoms with van der Waals surface area (Å²) in [4.78, 5) is 9.34. The van der Waals surface area contributed by atoms with Crippen LogP contribution in [0.5, 0.6) is 0 Å². The van der Waals surface area contributed by atoms with Crippen LogP contribution in [0.4, 0.5) is 5.82 Å². The lowest BCUT2D eigenvalue weighted by Crippen LogP contribution is -2.00. The van der Waals surface area contributed by atoms with E-state index in [1.165, 1.54) is 5.56 Å². The molecule has 0 aliphatic rings. The van der Waals surface area contributed by atoms with Crippen LogP contribution in [0, 0.1) is 13.8 Å². The zero-order valence-corrected chi connectivity index (χ0v) is 13.0. The van der Waals surface area contributed by atoms with Crippen molar-refractivity contribution in [2.24, 2.45) is 0 Å². The monoisotopic (exact) mass is 297 g/mol. The summed E-state index contributed by atoms with van der Waals surface area (Å²) >= 11 is 6.07. The highest BCUT2D eigenvalue weighted by molar-refractivity contribution is 6.31. The highest BCUT2D eigenvalue weighted by atomic mass is 35.5. The number of nitrogens with zero attached hydrogens (tertiary/aromatic N) is 2. The maximum absolute atomic E-state index is 6.07. The van der Waals surface area contributed by atoms with Crippen LogP contribution in [0.25, 0.3) is 22.3 Å². The minimum absolute atomic E-state index is 0.682. The second-order valence-electron chi connectivity index (χ2n) is 5.13. The molecule has 0 unspecified atom stereocenters. The van der Waals surface area contributed by atoms with E-state index < -0.39 is 0 Å². The molecule has 1 N–H and O–H groups in total. The SMILES string of the molecule is CNc1nc(-c2cc(C)ccc2C)nc2ccc(Cl)cc12. The minimum Gasteiger partial charge on any atom is -0.373 e. The summed E-state index contributed by atoms with van der Waals surface area (Å²) in [5.74, 6) is 1.52. The Balaban J connectivity index is 2.29. The molecule has 0 spiro atoms. The second-order valence-corrected chi connectivity index (χ2v) is 5.56. The Hall–Kier alpha value is -2.13. The van der Waals surface area contributed by atoms with Crippen molar-refractivity contribution in [1.29, 1.82) is 0 Å². The minimum atomic E-state index is 0.682. The normalized spacial score (nSPS) is 10.9. The molecule has 106 valence electrons. The molecular formula is C17H16ClN3. The summed E-state index contributed by atoms with van der Waals surface area (Å²) < 4.78 is 0. The van der Waals surface area contributed by atoms with Gasteiger partial charge < -0.3 is 5.32 Å². The van der Waals surface area contributed by atoms with Gasteiger partial charge in [-0.3, -0.25) is 0 Å². The summed E-state index contributed by atoms with van der Waals surface area (Å²) in [5, 5.41) is 4.74. The highest BCUT2D eigenvalue weighted by Gasteiger charge is 2.11. The number of hydrogen-bond donors (Lipinski definition) is 1. The zero-order valence-electron chi connectivity index (χ0n) is 12.2. The number of benzene rings is 2. The number of rotatable bonds is 2. The molecule has 1 aromatic heterocycles. The molecule has 0 saturated carbocycles. The van der Waals surface area contributed by atoms with E-state index in [-0.39, 0.29) is 0 Å². The molecule has 0 atom stereocenters. The van der Waals surface area contributed by atoms with Crippen LogP contribution < -0.4 is 5.32 Å². The second kappa shape index (κ2) is 5.34. The summed E-state index contributed by atoms with van der Waals surface area (Å²) in [5.41, 5.74) is 4.30. The lowest BCUT2D eigenvalue weighted by Gasteiger charge is -2.11. The summed E-state index contributed by atoms with van der Waals surface area (Å²) in [6.45, 7) is 4.14. The molecule has 0 fully saturated rings. The van der Waals surface area contributed by atoms with Crippen LogP contribution in [0.2, 0.25) is 5.02 Å². The fraction of sp³-hybridized carbons (Fsp3) is 0.176. The van der Waals surface area contributed by atoms with Gasteiger partial charge in [0.25, 0.3) is 0 Å². The van der Waals surface area contributed by atoms with Crippen LogP contribution in [-0.2, 0) is 0 Å². The Kier molecular flexibility index (Phi) is 3.52. The van der Waals surface area contributed by atoms with Crippen molar-refractivity contribution in [3.63, 3.8) is 0 Å². The fourth-order valence-electron chi connectivity index (χ4n) is 2.39. The summed E-state index contributed by atoms with van der Waals surface area (Å²) in [6.07, 6.45) is 0. The van der Waals surface area contributed by atoms with Crippen molar-refractivity contribution in [2.45, 2.75) is 13.8 Å². The summed E-state index contributed by atoms with van der Waals surface area (Å²) in [7, 11) is 1.86. The van der Waals surface area contributed by atoms with Crippen molar-refractivity contribution in [2.75, 3.05) is 12.4 Å². The van der Waals surface area contributed by atoms with Gasteiger partial charge in [-0.1, -0.05) is 29.3 Å². The highest BCUT2D eigenvalue weighted by Crippen LogP contribution is 2.28. The largest absolute Gasteiger partial charge is 0.373 e. The first-order valence-corrected chi connectivity index (χ1v) is 7.19. The first-order chi connectivity index (χ1) is 10.1. The first kappa shape index (κ1) is 13.8. The molecule has 3 rings (SSSR count).